The van der Waals surface area contributed by atoms with E-state index >= 15 is 0 Å². The fourth-order valence-electron chi connectivity index (χ4n) is 2.63. The van der Waals surface area contributed by atoms with E-state index in [9.17, 15) is 0 Å². The largest absolute Gasteiger partial charge is 0.497 e. The fourth-order valence-corrected chi connectivity index (χ4v) is 2.63. The number of nitrogens with one attached hydrogen (secondary N) is 2. The van der Waals surface area contributed by atoms with E-state index in [4.69, 9.17) is 9.47 Å². The van der Waals surface area contributed by atoms with Gasteiger partial charge in [-0.15, -0.1) is 0 Å². The van der Waals surface area contributed by atoms with Gasteiger partial charge >= 0.3 is 0 Å². The molecule has 0 aliphatic carbocycles. The first kappa shape index (κ1) is 17.7. The molecule has 3 rings (SSSR count). The summed E-state index contributed by atoms with van der Waals surface area (Å²) in [5.41, 5.74) is 4.59. The van der Waals surface area contributed by atoms with Crippen molar-refractivity contribution in [3.05, 3.63) is 83.9 Å². The molecule has 134 valence electrons. The molecule has 0 bridgehead atoms. The minimum Gasteiger partial charge on any atom is -0.497 e. The highest BCUT2D eigenvalue weighted by atomic mass is 16.5. The van der Waals surface area contributed by atoms with Crippen molar-refractivity contribution < 1.29 is 9.47 Å². The Morgan fingerprint density at radius 2 is 1.04 bits per heavy atom. The summed E-state index contributed by atoms with van der Waals surface area (Å²) in [5.74, 6) is 1.75. The van der Waals surface area contributed by atoms with Crippen LogP contribution in [0.3, 0.4) is 0 Å². The third-order valence-corrected chi connectivity index (χ3v) is 4.17. The highest BCUT2D eigenvalue weighted by molar-refractivity contribution is 5.57. The molecule has 0 aromatic heterocycles. The maximum Gasteiger partial charge on any atom is 0.118 e. The third kappa shape index (κ3) is 4.93. The Kier molecular flexibility index (Phi) is 5.99. The lowest BCUT2D eigenvalue weighted by Gasteiger charge is -2.11. The van der Waals surface area contributed by atoms with Crippen LogP contribution in [0.15, 0.2) is 72.8 Å². The Labute approximate surface area is 154 Å². The van der Waals surface area contributed by atoms with E-state index in [1.165, 1.54) is 11.1 Å². The van der Waals surface area contributed by atoms with Crippen molar-refractivity contribution in [3.8, 4) is 11.5 Å². The lowest BCUT2D eigenvalue weighted by atomic mass is 10.2. The molecule has 2 N–H and O–H groups in total. The van der Waals surface area contributed by atoms with Crippen molar-refractivity contribution in [2.45, 2.75) is 13.1 Å². The van der Waals surface area contributed by atoms with Crippen LogP contribution in [0.4, 0.5) is 11.4 Å². The third-order valence-electron chi connectivity index (χ3n) is 4.17. The Bertz CT molecular complexity index is 748. The van der Waals surface area contributed by atoms with Crippen LogP contribution >= 0.6 is 0 Å². The average Bonchev–Trinajstić information content (AvgIpc) is 2.72. The highest BCUT2D eigenvalue weighted by Crippen LogP contribution is 2.19. The van der Waals surface area contributed by atoms with E-state index < -0.39 is 0 Å². The molecule has 3 aromatic carbocycles. The molecular weight excluding hydrogens is 324 g/mol. The summed E-state index contributed by atoms with van der Waals surface area (Å²) in [7, 11) is 3.36. The standard InChI is InChI=1S/C22H24N2O2/c1-25-21-10-6-17(7-11-21)15-23-19-4-3-5-20(14-19)24-16-18-8-12-22(26-2)13-9-18/h3-14,23-24H,15-16H2,1-2H3. The molecule has 0 fully saturated rings. The van der Waals surface area contributed by atoms with E-state index in [0.29, 0.717) is 0 Å². The number of ether oxygens (including phenoxy) is 2. The van der Waals surface area contributed by atoms with Crippen LogP contribution in [0.2, 0.25) is 0 Å². The van der Waals surface area contributed by atoms with Crippen molar-refractivity contribution in [2.24, 2.45) is 0 Å². The monoisotopic (exact) mass is 348 g/mol. The second-order valence-electron chi connectivity index (χ2n) is 5.98. The summed E-state index contributed by atoms with van der Waals surface area (Å²) in [5, 5.41) is 6.91. The zero-order valence-electron chi connectivity index (χ0n) is 15.2. The first-order valence-corrected chi connectivity index (χ1v) is 8.60. The zero-order valence-corrected chi connectivity index (χ0v) is 15.2. The Morgan fingerprint density at radius 3 is 1.42 bits per heavy atom. The van der Waals surface area contributed by atoms with Crippen molar-refractivity contribution in [1.29, 1.82) is 0 Å². The molecule has 4 nitrogen and oxygen atoms in total. The van der Waals surface area contributed by atoms with E-state index in [1.54, 1.807) is 14.2 Å². The topological polar surface area (TPSA) is 42.5 Å². The smallest absolute Gasteiger partial charge is 0.118 e. The van der Waals surface area contributed by atoms with Crippen LogP contribution in [0, 0.1) is 0 Å². The lowest BCUT2D eigenvalue weighted by Crippen LogP contribution is -2.02. The SMILES string of the molecule is COc1ccc(CNc2cccc(NCc3ccc(OC)cc3)c2)cc1. The van der Waals surface area contributed by atoms with Crippen LogP contribution in [0.5, 0.6) is 11.5 Å². The predicted molar refractivity (Wildman–Crippen MR) is 107 cm³/mol. The molecule has 0 radical (unpaired) electrons. The Balaban J connectivity index is 1.55. The quantitative estimate of drug-likeness (QED) is 0.606. The van der Waals surface area contributed by atoms with Gasteiger partial charge in [0.1, 0.15) is 11.5 Å². The minimum absolute atomic E-state index is 0.770. The first-order chi connectivity index (χ1) is 12.8. The van der Waals surface area contributed by atoms with E-state index in [0.717, 1.165) is 36.0 Å². The van der Waals surface area contributed by atoms with Gasteiger partial charge in [-0.05, 0) is 53.6 Å². The summed E-state index contributed by atoms with van der Waals surface area (Å²) in [4.78, 5) is 0. The normalized spacial score (nSPS) is 10.2. The van der Waals surface area contributed by atoms with Gasteiger partial charge < -0.3 is 20.1 Å². The summed E-state index contributed by atoms with van der Waals surface area (Å²) in [6.07, 6.45) is 0. The van der Waals surface area contributed by atoms with Crippen molar-refractivity contribution in [2.75, 3.05) is 24.9 Å². The molecule has 0 spiro atoms. The number of anilines is 2. The van der Waals surface area contributed by atoms with E-state index in [1.807, 2.05) is 30.3 Å². The lowest BCUT2D eigenvalue weighted by molar-refractivity contribution is 0.414. The minimum atomic E-state index is 0.770. The van der Waals surface area contributed by atoms with Gasteiger partial charge in [-0.25, -0.2) is 0 Å². The zero-order chi connectivity index (χ0) is 18.2. The maximum absolute atomic E-state index is 5.19. The highest BCUT2D eigenvalue weighted by Gasteiger charge is 1.99. The summed E-state index contributed by atoms with van der Waals surface area (Å²) in [6, 6.07) is 24.5. The van der Waals surface area contributed by atoms with Gasteiger partial charge in [0.2, 0.25) is 0 Å². The molecule has 0 aliphatic rings. The fraction of sp³-hybridized carbons (Fsp3) is 0.182. The molecule has 0 saturated heterocycles. The van der Waals surface area contributed by atoms with E-state index in [2.05, 4.69) is 53.1 Å². The molecule has 4 heteroatoms. The van der Waals surface area contributed by atoms with Crippen LogP contribution < -0.4 is 20.1 Å². The summed E-state index contributed by atoms with van der Waals surface area (Å²) >= 11 is 0. The summed E-state index contributed by atoms with van der Waals surface area (Å²) < 4.78 is 10.4. The van der Waals surface area contributed by atoms with Crippen molar-refractivity contribution in [3.63, 3.8) is 0 Å². The van der Waals surface area contributed by atoms with Gasteiger partial charge in [0.15, 0.2) is 0 Å². The van der Waals surface area contributed by atoms with Crippen LogP contribution in [-0.2, 0) is 13.1 Å². The summed E-state index contributed by atoms with van der Waals surface area (Å²) in [6.45, 7) is 1.54. The molecule has 0 atom stereocenters. The number of benzene rings is 3. The van der Waals surface area contributed by atoms with Gasteiger partial charge in [0.25, 0.3) is 0 Å². The number of rotatable bonds is 8. The first-order valence-electron chi connectivity index (χ1n) is 8.60. The van der Waals surface area contributed by atoms with Crippen LogP contribution in [0.1, 0.15) is 11.1 Å². The molecule has 26 heavy (non-hydrogen) atoms. The van der Waals surface area contributed by atoms with Gasteiger partial charge in [0.05, 0.1) is 14.2 Å². The Hall–Kier alpha value is -3.14. The van der Waals surface area contributed by atoms with Crippen molar-refractivity contribution in [1.82, 2.24) is 0 Å². The molecule has 3 aromatic rings. The molecule has 0 saturated carbocycles. The van der Waals surface area contributed by atoms with Gasteiger partial charge in [0, 0.05) is 24.5 Å². The average molecular weight is 348 g/mol. The maximum atomic E-state index is 5.19. The number of hydrogen-bond acceptors (Lipinski definition) is 4. The van der Waals surface area contributed by atoms with Gasteiger partial charge in [-0.3, -0.25) is 0 Å². The molecule has 0 aliphatic heterocycles. The molecule has 0 amide bonds. The predicted octanol–water partition coefficient (Wildman–Crippen LogP) is 4.93. The van der Waals surface area contributed by atoms with Gasteiger partial charge in [-0.2, -0.15) is 0 Å². The number of methoxy groups -OCH3 is 2. The van der Waals surface area contributed by atoms with Crippen LogP contribution in [0.25, 0.3) is 0 Å². The van der Waals surface area contributed by atoms with Crippen molar-refractivity contribution >= 4 is 11.4 Å². The molecule has 0 unspecified atom stereocenters. The van der Waals surface area contributed by atoms with E-state index in [-0.39, 0.29) is 0 Å². The Morgan fingerprint density at radius 1 is 0.615 bits per heavy atom. The second-order valence-corrected chi connectivity index (χ2v) is 5.98. The van der Waals surface area contributed by atoms with Gasteiger partial charge in [-0.1, -0.05) is 30.3 Å². The molecule has 0 heterocycles. The number of hydrogen-bond donors (Lipinski definition) is 2. The molecular formula is C22H24N2O2. The second kappa shape index (κ2) is 8.81. The van der Waals surface area contributed by atoms with Crippen LogP contribution in [-0.4, -0.2) is 14.2 Å².